The van der Waals surface area contributed by atoms with Crippen molar-refractivity contribution in [1.29, 1.82) is 0 Å². The molecule has 0 aromatic heterocycles. The maximum atomic E-state index is 5.49. The minimum Gasteiger partial charge on any atom is -0.492 e. The van der Waals surface area contributed by atoms with Crippen molar-refractivity contribution in [2.45, 2.75) is 6.92 Å². The van der Waals surface area contributed by atoms with Crippen molar-refractivity contribution in [1.82, 2.24) is 10.7 Å². The number of hydrogen-bond donors (Lipinski definition) is 3. The molecule has 0 saturated carbocycles. The minimum absolute atomic E-state index is 0.419. The summed E-state index contributed by atoms with van der Waals surface area (Å²) in [5.74, 6) is 5.96. The van der Waals surface area contributed by atoms with Crippen molar-refractivity contribution in [3.05, 3.63) is 29.8 Å². The topological polar surface area (TPSA) is 59.3 Å². The van der Waals surface area contributed by atoms with Crippen LogP contribution in [0.2, 0.25) is 0 Å². The van der Waals surface area contributed by atoms with E-state index in [-0.39, 0.29) is 0 Å². The Kier molecular flexibility index (Phi) is 4.86. The van der Waals surface area contributed by atoms with Gasteiger partial charge in [0.25, 0.3) is 0 Å². The van der Waals surface area contributed by atoms with Crippen molar-refractivity contribution in [3.8, 4) is 5.75 Å². The highest BCUT2D eigenvalue weighted by Crippen LogP contribution is 2.11. The standard InChI is InChI=1S/C10H15N3OS/c1-8-3-2-4-9(7-8)14-6-5-12-10(15)13-11/h2-4,7H,5-6,11H2,1H3,(H2,12,13,15). The summed E-state index contributed by atoms with van der Waals surface area (Å²) in [7, 11) is 0. The van der Waals surface area contributed by atoms with Gasteiger partial charge in [0.2, 0.25) is 0 Å². The summed E-state index contributed by atoms with van der Waals surface area (Å²) in [4.78, 5) is 0. The van der Waals surface area contributed by atoms with E-state index in [2.05, 4.69) is 10.7 Å². The molecule has 1 aromatic carbocycles. The maximum Gasteiger partial charge on any atom is 0.180 e. The molecule has 0 heterocycles. The molecule has 5 heteroatoms. The zero-order chi connectivity index (χ0) is 11.1. The van der Waals surface area contributed by atoms with Crippen LogP contribution in [0.4, 0.5) is 0 Å². The molecule has 0 amide bonds. The highest BCUT2D eigenvalue weighted by Gasteiger charge is 1.94. The Morgan fingerprint density at radius 2 is 2.33 bits per heavy atom. The second kappa shape index (κ2) is 6.21. The average molecular weight is 225 g/mol. The highest BCUT2D eigenvalue weighted by atomic mass is 32.1. The second-order valence-corrected chi connectivity index (χ2v) is 3.47. The van der Waals surface area contributed by atoms with Crippen LogP contribution in [0.5, 0.6) is 5.75 Å². The first-order valence-corrected chi connectivity index (χ1v) is 5.07. The van der Waals surface area contributed by atoms with Gasteiger partial charge >= 0.3 is 0 Å². The predicted molar refractivity (Wildman–Crippen MR) is 64.6 cm³/mol. The van der Waals surface area contributed by atoms with Gasteiger partial charge in [-0.1, -0.05) is 12.1 Å². The number of hydrogen-bond acceptors (Lipinski definition) is 3. The van der Waals surface area contributed by atoms with Gasteiger partial charge in [0.05, 0.1) is 6.54 Å². The molecular formula is C10H15N3OS. The number of thiocarbonyl (C=S) groups is 1. The first-order valence-electron chi connectivity index (χ1n) is 4.66. The van der Waals surface area contributed by atoms with E-state index in [1.54, 1.807) is 0 Å². The van der Waals surface area contributed by atoms with Crippen LogP contribution in [0.3, 0.4) is 0 Å². The molecule has 82 valence electrons. The molecule has 0 radical (unpaired) electrons. The van der Waals surface area contributed by atoms with Crippen LogP contribution in [0.1, 0.15) is 5.56 Å². The number of hydrazine groups is 1. The van der Waals surface area contributed by atoms with E-state index in [9.17, 15) is 0 Å². The number of nitrogens with two attached hydrogens (primary N) is 1. The van der Waals surface area contributed by atoms with Gasteiger partial charge in [-0.05, 0) is 36.8 Å². The summed E-state index contributed by atoms with van der Waals surface area (Å²) in [5, 5.41) is 3.31. The summed E-state index contributed by atoms with van der Waals surface area (Å²) in [6.07, 6.45) is 0. The largest absolute Gasteiger partial charge is 0.492 e. The molecular weight excluding hydrogens is 210 g/mol. The molecule has 0 aliphatic rings. The lowest BCUT2D eigenvalue weighted by Gasteiger charge is -2.08. The van der Waals surface area contributed by atoms with Gasteiger partial charge in [-0.2, -0.15) is 0 Å². The van der Waals surface area contributed by atoms with Crippen molar-refractivity contribution in [2.24, 2.45) is 5.84 Å². The third kappa shape index (κ3) is 4.62. The number of ether oxygens (including phenoxy) is 1. The van der Waals surface area contributed by atoms with Crippen LogP contribution in [0, 0.1) is 6.92 Å². The fourth-order valence-electron chi connectivity index (χ4n) is 1.09. The van der Waals surface area contributed by atoms with Crippen LogP contribution in [0.25, 0.3) is 0 Å². The molecule has 4 N–H and O–H groups in total. The summed E-state index contributed by atoms with van der Waals surface area (Å²) < 4.78 is 5.49. The van der Waals surface area contributed by atoms with Crippen LogP contribution >= 0.6 is 12.2 Å². The Hall–Kier alpha value is -1.33. The fraction of sp³-hybridized carbons (Fsp3) is 0.300. The van der Waals surface area contributed by atoms with Crippen molar-refractivity contribution < 1.29 is 4.74 Å². The lowest BCUT2D eigenvalue weighted by Crippen LogP contribution is -2.41. The van der Waals surface area contributed by atoms with Crippen LogP contribution in [0.15, 0.2) is 24.3 Å². The summed E-state index contributed by atoms with van der Waals surface area (Å²) in [5.41, 5.74) is 3.52. The smallest absolute Gasteiger partial charge is 0.180 e. The first-order chi connectivity index (χ1) is 7.22. The van der Waals surface area contributed by atoms with Gasteiger partial charge in [0.1, 0.15) is 12.4 Å². The number of aryl methyl sites for hydroxylation is 1. The van der Waals surface area contributed by atoms with E-state index in [0.29, 0.717) is 18.3 Å². The normalized spacial score (nSPS) is 9.47. The molecule has 0 spiro atoms. The van der Waals surface area contributed by atoms with Crippen LogP contribution < -0.4 is 21.3 Å². The first kappa shape index (κ1) is 11.7. The van der Waals surface area contributed by atoms with Gasteiger partial charge in [-0.15, -0.1) is 0 Å². The third-order valence-corrected chi connectivity index (χ3v) is 2.04. The van der Waals surface area contributed by atoms with E-state index in [1.807, 2.05) is 31.2 Å². The lowest BCUT2D eigenvalue weighted by atomic mass is 10.2. The molecule has 0 atom stereocenters. The third-order valence-electron chi connectivity index (χ3n) is 1.78. The second-order valence-electron chi connectivity index (χ2n) is 3.07. The van der Waals surface area contributed by atoms with Gasteiger partial charge in [0.15, 0.2) is 5.11 Å². The molecule has 1 aromatic rings. The van der Waals surface area contributed by atoms with Crippen molar-refractivity contribution >= 4 is 17.3 Å². The monoisotopic (exact) mass is 225 g/mol. The van der Waals surface area contributed by atoms with Crippen molar-refractivity contribution in [3.63, 3.8) is 0 Å². The average Bonchev–Trinajstić information content (AvgIpc) is 2.24. The minimum atomic E-state index is 0.419. The van der Waals surface area contributed by atoms with E-state index in [1.165, 1.54) is 5.56 Å². The van der Waals surface area contributed by atoms with Gasteiger partial charge in [-0.3, -0.25) is 0 Å². The molecule has 0 fully saturated rings. The Bertz CT molecular complexity index is 330. The highest BCUT2D eigenvalue weighted by molar-refractivity contribution is 7.80. The van der Waals surface area contributed by atoms with E-state index in [0.717, 1.165) is 5.75 Å². The van der Waals surface area contributed by atoms with Gasteiger partial charge in [0, 0.05) is 0 Å². The lowest BCUT2D eigenvalue weighted by molar-refractivity contribution is 0.322. The van der Waals surface area contributed by atoms with E-state index in [4.69, 9.17) is 22.8 Å². The van der Waals surface area contributed by atoms with Gasteiger partial charge in [-0.25, -0.2) is 5.84 Å². The molecule has 0 unspecified atom stereocenters. The van der Waals surface area contributed by atoms with E-state index >= 15 is 0 Å². The van der Waals surface area contributed by atoms with Crippen LogP contribution in [-0.4, -0.2) is 18.3 Å². The predicted octanol–water partition coefficient (Wildman–Crippen LogP) is 0.712. The number of rotatable bonds is 4. The summed E-state index contributed by atoms with van der Waals surface area (Å²) in [6.45, 7) is 3.20. The molecule has 0 saturated heterocycles. The molecule has 0 bridgehead atoms. The Balaban J connectivity index is 2.23. The number of benzene rings is 1. The van der Waals surface area contributed by atoms with Crippen LogP contribution in [-0.2, 0) is 0 Å². The molecule has 0 aliphatic heterocycles. The fourth-order valence-corrected chi connectivity index (χ4v) is 1.19. The zero-order valence-electron chi connectivity index (χ0n) is 8.62. The molecule has 15 heavy (non-hydrogen) atoms. The Morgan fingerprint density at radius 1 is 1.53 bits per heavy atom. The summed E-state index contributed by atoms with van der Waals surface area (Å²) in [6, 6.07) is 7.90. The number of nitrogens with one attached hydrogen (secondary N) is 2. The maximum absolute atomic E-state index is 5.49. The SMILES string of the molecule is Cc1cccc(OCCNC(=S)NN)c1. The Labute approximate surface area is 94.8 Å². The van der Waals surface area contributed by atoms with Crippen molar-refractivity contribution in [2.75, 3.05) is 13.2 Å². The Morgan fingerprint density at radius 3 is 3.00 bits per heavy atom. The summed E-state index contributed by atoms with van der Waals surface area (Å²) >= 11 is 4.80. The molecule has 0 aliphatic carbocycles. The van der Waals surface area contributed by atoms with Gasteiger partial charge < -0.3 is 15.5 Å². The molecule has 4 nitrogen and oxygen atoms in total. The molecule has 1 rings (SSSR count). The van der Waals surface area contributed by atoms with E-state index < -0.39 is 0 Å². The quantitative estimate of drug-likeness (QED) is 0.305. The zero-order valence-corrected chi connectivity index (χ0v) is 9.43.